The van der Waals surface area contributed by atoms with E-state index >= 15 is 0 Å². The van der Waals surface area contributed by atoms with Crippen molar-refractivity contribution in [2.75, 3.05) is 20.3 Å². The van der Waals surface area contributed by atoms with Gasteiger partial charge in [0.15, 0.2) is 6.10 Å². The Bertz CT molecular complexity index is 804. The van der Waals surface area contributed by atoms with Crippen LogP contribution in [0.25, 0.3) is 0 Å². The molecule has 36 heavy (non-hydrogen) atoms. The molecule has 1 rings (SSSR count). The van der Waals surface area contributed by atoms with Gasteiger partial charge in [0.2, 0.25) is 3.79 Å². The Kier molecular flexibility index (Phi) is 13.5. The number of hydrazine groups is 1. The van der Waals surface area contributed by atoms with Crippen molar-refractivity contribution < 1.29 is 33.4 Å². The highest BCUT2D eigenvalue weighted by Crippen LogP contribution is 2.26. The largest absolute Gasteiger partial charge is 0.460 e. The number of nitrogens with one attached hydrogen (secondary N) is 2. The SMILES string of the molecule is C/C=C/C(OC)[C@@H](C)C(=O)O[C@H](C(=O)N[C@@H](C)C(=O)N1CCC[C@@H](C(=O)OCC(Cl)(Cl)Cl)N1)C(C)C. The molecule has 0 aliphatic carbocycles. The Morgan fingerprint density at radius 3 is 2.33 bits per heavy atom. The van der Waals surface area contributed by atoms with Gasteiger partial charge in [-0.1, -0.05) is 60.8 Å². The highest BCUT2D eigenvalue weighted by atomic mass is 35.6. The highest BCUT2D eigenvalue weighted by molar-refractivity contribution is 6.67. The average molecular weight is 573 g/mol. The van der Waals surface area contributed by atoms with E-state index in [1.807, 2.05) is 0 Å². The second-order valence-electron chi connectivity index (χ2n) is 8.88. The smallest absolute Gasteiger partial charge is 0.325 e. The molecule has 0 aromatic carbocycles. The molecular formula is C23H36Cl3N3O7. The number of amides is 2. The molecule has 0 spiro atoms. The minimum absolute atomic E-state index is 0.316. The Morgan fingerprint density at radius 1 is 1.17 bits per heavy atom. The third kappa shape index (κ3) is 10.4. The topological polar surface area (TPSA) is 123 Å². The third-order valence-electron chi connectivity index (χ3n) is 5.47. The van der Waals surface area contributed by atoms with Crippen LogP contribution >= 0.6 is 34.8 Å². The number of nitrogens with zero attached hydrogens (tertiary/aromatic N) is 1. The number of methoxy groups -OCH3 is 1. The van der Waals surface area contributed by atoms with Gasteiger partial charge in [-0.3, -0.25) is 24.2 Å². The molecule has 206 valence electrons. The van der Waals surface area contributed by atoms with E-state index in [0.717, 1.165) is 0 Å². The van der Waals surface area contributed by atoms with Gasteiger partial charge >= 0.3 is 11.9 Å². The van der Waals surface area contributed by atoms with Crippen molar-refractivity contribution in [1.29, 1.82) is 0 Å². The molecule has 0 aromatic rings. The van der Waals surface area contributed by atoms with Gasteiger partial charge in [0, 0.05) is 13.7 Å². The van der Waals surface area contributed by atoms with Crippen LogP contribution in [0.3, 0.4) is 0 Å². The van der Waals surface area contributed by atoms with Crippen molar-refractivity contribution in [3.05, 3.63) is 12.2 Å². The summed E-state index contributed by atoms with van der Waals surface area (Å²) >= 11 is 16.8. The van der Waals surface area contributed by atoms with E-state index in [1.54, 1.807) is 39.8 Å². The summed E-state index contributed by atoms with van der Waals surface area (Å²) in [5.74, 6) is -3.34. The molecule has 0 aromatic heterocycles. The van der Waals surface area contributed by atoms with Gasteiger partial charge in [0.1, 0.15) is 18.7 Å². The van der Waals surface area contributed by atoms with Crippen LogP contribution in [0.1, 0.15) is 47.5 Å². The third-order valence-corrected chi connectivity index (χ3v) is 5.80. The van der Waals surface area contributed by atoms with Gasteiger partial charge in [-0.25, -0.2) is 5.43 Å². The maximum atomic E-state index is 12.9. The van der Waals surface area contributed by atoms with Crippen molar-refractivity contribution in [2.45, 2.75) is 75.5 Å². The summed E-state index contributed by atoms with van der Waals surface area (Å²) in [5.41, 5.74) is 2.80. The number of carbonyl (C=O) groups excluding carboxylic acids is 4. The standard InChI is InChI=1S/C23H36Cl3N3O7/c1-7-9-17(34-6)14(4)21(32)36-18(13(2)3)19(30)27-15(5)20(31)29-11-8-10-16(28-29)22(33)35-12-23(24,25)26/h7,9,13-18,28H,8,10-12H2,1-6H3,(H,27,30)/b9-7+/t14-,15+,16+,17?,18+/m1/s1. The first-order valence-corrected chi connectivity index (χ1v) is 12.8. The van der Waals surface area contributed by atoms with Gasteiger partial charge in [0.25, 0.3) is 11.8 Å². The summed E-state index contributed by atoms with van der Waals surface area (Å²) in [6.07, 6.45) is 2.81. The molecule has 1 unspecified atom stereocenters. The molecule has 2 amide bonds. The van der Waals surface area contributed by atoms with Crippen LogP contribution in [0.4, 0.5) is 0 Å². The maximum absolute atomic E-state index is 12.9. The summed E-state index contributed by atoms with van der Waals surface area (Å²) < 4.78 is 14.0. The van der Waals surface area contributed by atoms with Crippen LogP contribution in [-0.2, 0) is 33.4 Å². The first-order chi connectivity index (χ1) is 16.7. The number of ether oxygens (including phenoxy) is 3. The first kappa shape index (κ1) is 32.4. The molecule has 0 saturated carbocycles. The predicted octanol–water partition coefficient (Wildman–Crippen LogP) is 2.70. The summed E-state index contributed by atoms with van der Waals surface area (Å²) in [4.78, 5) is 50.8. The molecule has 1 aliphatic heterocycles. The molecule has 1 saturated heterocycles. The van der Waals surface area contributed by atoms with Crippen molar-refractivity contribution in [1.82, 2.24) is 15.8 Å². The molecular weight excluding hydrogens is 537 g/mol. The molecule has 2 N–H and O–H groups in total. The van der Waals surface area contributed by atoms with Crippen LogP contribution < -0.4 is 10.7 Å². The van der Waals surface area contributed by atoms with Gasteiger partial charge in [-0.2, -0.15) is 0 Å². The van der Waals surface area contributed by atoms with Gasteiger partial charge in [0.05, 0.1) is 12.0 Å². The second kappa shape index (κ2) is 15.0. The summed E-state index contributed by atoms with van der Waals surface area (Å²) in [6, 6.07) is -1.78. The first-order valence-electron chi connectivity index (χ1n) is 11.7. The number of rotatable bonds is 11. The van der Waals surface area contributed by atoms with E-state index < -0.39 is 64.4 Å². The van der Waals surface area contributed by atoms with Crippen LogP contribution in [0.15, 0.2) is 12.2 Å². The van der Waals surface area contributed by atoms with Gasteiger partial charge < -0.3 is 19.5 Å². The lowest BCUT2D eigenvalue weighted by atomic mass is 10.0. The minimum atomic E-state index is -1.75. The van der Waals surface area contributed by atoms with Gasteiger partial charge in [-0.15, -0.1) is 0 Å². The number of hydrogen-bond donors (Lipinski definition) is 2. The van der Waals surface area contributed by atoms with Crippen LogP contribution in [0.2, 0.25) is 0 Å². The molecule has 1 aliphatic rings. The number of alkyl halides is 3. The number of allylic oxidation sites excluding steroid dienone is 1. The van der Waals surface area contributed by atoms with E-state index in [0.29, 0.717) is 19.4 Å². The number of hydrogen-bond acceptors (Lipinski definition) is 8. The van der Waals surface area contributed by atoms with Crippen molar-refractivity contribution in [3.8, 4) is 0 Å². The lowest BCUT2D eigenvalue weighted by Crippen LogP contribution is -2.60. The highest BCUT2D eigenvalue weighted by Gasteiger charge is 2.35. The molecule has 5 atom stereocenters. The molecule has 13 heteroatoms. The lowest BCUT2D eigenvalue weighted by molar-refractivity contribution is -0.165. The Balaban J connectivity index is 2.76. The van der Waals surface area contributed by atoms with Crippen LogP contribution in [-0.4, -0.2) is 77.1 Å². The minimum Gasteiger partial charge on any atom is -0.460 e. The normalized spacial score (nSPS) is 19.9. The Labute approximate surface area is 227 Å². The van der Waals surface area contributed by atoms with E-state index in [-0.39, 0.29) is 5.92 Å². The van der Waals surface area contributed by atoms with E-state index in [1.165, 1.54) is 19.0 Å². The molecule has 10 nitrogen and oxygen atoms in total. The monoisotopic (exact) mass is 571 g/mol. The van der Waals surface area contributed by atoms with E-state index in [4.69, 9.17) is 49.0 Å². The number of halogens is 3. The molecule has 0 radical (unpaired) electrons. The zero-order valence-electron chi connectivity index (χ0n) is 21.4. The summed E-state index contributed by atoms with van der Waals surface area (Å²) in [7, 11) is 1.48. The Morgan fingerprint density at radius 2 is 1.81 bits per heavy atom. The zero-order chi connectivity index (χ0) is 27.6. The van der Waals surface area contributed by atoms with Crippen molar-refractivity contribution in [3.63, 3.8) is 0 Å². The van der Waals surface area contributed by atoms with Crippen molar-refractivity contribution >= 4 is 58.6 Å². The Hall–Kier alpha value is -1.59. The van der Waals surface area contributed by atoms with Crippen LogP contribution in [0.5, 0.6) is 0 Å². The summed E-state index contributed by atoms with van der Waals surface area (Å²) in [5, 5.41) is 3.84. The zero-order valence-corrected chi connectivity index (χ0v) is 23.7. The lowest BCUT2D eigenvalue weighted by Gasteiger charge is -2.34. The predicted molar refractivity (Wildman–Crippen MR) is 136 cm³/mol. The maximum Gasteiger partial charge on any atom is 0.325 e. The molecule has 1 fully saturated rings. The quantitative estimate of drug-likeness (QED) is 0.220. The number of esters is 2. The van der Waals surface area contributed by atoms with Crippen LogP contribution in [0, 0.1) is 11.8 Å². The van der Waals surface area contributed by atoms with E-state index in [9.17, 15) is 19.2 Å². The fourth-order valence-electron chi connectivity index (χ4n) is 3.46. The van der Waals surface area contributed by atoms with Crippen molar-refractivity contribution in [2.24, 2.45) is 11.8 Å². The summed E-state index contributed by atoms with van der Waals surface area (Å²) in [6.45, 7) is 8.30. The molecule has 1 heterocycles. The van der Waals surface area contributed by atoms with Gasteiger partial charge in [-0.05, 0) is 39.5 Å². The average Bonchev–Trinajstić information content (AvgIpc) is 2.82. The second-order valence-corrected chi connectivity index (χ2v) is 11.4. The number of carbonyl (C=O) groups is 4. The molecule has 0 bridgehead atoms. The van der Waals surface area contributed by atoms with E-state index in [2.05, 4.69) is 10.7 Å². The fourth-order valence-corrected chi connectivity index (χ4v) is 3.62. The fraction of sp³-hybridized carbons (Fsp3) is 0.739.